The number of hydrogen-bond acceptors (Lipinski definition) is 4. The molecule has 1 aromatic carbocycles. The quantitative estimate of drug-likeness (QED) is 0.325. The summed E-state index contributed by atoms with van der Waals surface area (Å²) in [5, 5.41) is 0. The first kappa shape index (κ1) is 24.0. The third-order valence-electron chi connectivity index (χ3n) is 5.81. The van der Waals surface area contributed by atoms with Crippen LogP contribution in [0.5, 0.6) is 5.75 Å². The van der Waals surface area contributed by atoms with E-state index in [1.54, 1.807) is 0 Å². The Labute approximate surface area is 178 Å². The zero-order valence-corrected chi connectivity index (χ0v) is 19.2. The Morgan fingerprint density at radius 2 is 1.24 bits per heavy atom. The Morgan fingerprint density at radius 3 is 1.76 bits per heavy atom. The van der Waals surface area contributed by atoms with E-state index >= 15 is 0 Å². The number of rotatable bonds is 15. The molecule has 0 aromatic heterocycles. The second kappa shape index (κ2) is 13.9. The number of sulfone groups is 1. The summed E-state index contributed by atoms with van der Waals surface area (Å²) in [6.45, 7) is 4.22. The third-order valence-corrected chi connectivity index (χ3v) is 7.42. The van der Waals surface area contributed by atoms with Crippen molar-refractivity contribution in [2.75, 3.05) is 36.1 Å². The number of hydrogen-bond donors (Lipinski definition) is 0. The van der Waals surface area contributed by atoms with E-state index in [1.807, 2.05) is 24.3 Å². The monoisotopic (exact) mass is 423 g/mol. The minimum Gasteiger partial charge on any atom is -0.494 e. The molecule has 29 heavy (non-hydrogen) atoms. The van der Waals surface area contributed by atoms with E-state index in [0.29, 0.717) is 13.1 Å². The van der Waals surface area contributed by atoms with E-state index in [4.69, 9.17) is 4.74 Å². The van der Waals surface area contributed by atoms with Crippen LogP contribution in [-0.4, -0.2) is 39.6 Å². The number of benzene rings is 1. The van der Waals surface area contributed by atoms with Gasteiger partial charge in [-0.2, -0.15) is 0 Å². The first-order valence-corrected chi connectivity index (χ1v) is 13.6. The Balaban J connectivity index is 1.46. The fraction of sp³-hybridized carbons (Fsp3) is 0.750. The highest BCUT2D eigenvalue weighted by molar-refractivity contribution is 7.91. The molecule has 1 heterocycles. The van der Waals surface area contributed by atoms with Crippen LogP contribution in [0.15, 0.2) is 24.3 Å². The Bertz CT molecular complexity index is 629. The van der Waals surface area contributed by atoms with Crippen LogP contribution in [0.4, 0.5) is 5.69 Å². The first-order valence-electron chi connectivity index (χ1n) is 11.8. The molecule has 5 heteroatoms. The Hall–Kier alpha value is -1.23. The summed E-state index contributed by atoms with van der Waals surface area (Å²) in [6.07, 6.45) is 16.2. The fourth-order valence-corrected chi connectivity index (χ4v) is 5.06. The lowest BCUT2D eigenvalue weighted by atomic mass is 10.1. The lowest BCUT2D eigenvalue weighted by Gasteiger charge is -2.28. The van der Waals surface area contributed by atoms with Gasteiger partial charge in [-0.15, -0.1) is 0 Å². The molecule has 1 aliphatic rings. The van der Waals surface area contributed by atoms with Crippen molar-refractivity contribution in [1.82, 2.24) is 0 Å². The normalized spacial score (nSPS) is 16.1. The minimum atomic E-state index is -2.83. The molecular weight excluding hydrogens is 382 g/mol. The molecule has 4 nitrogen and oxygen atoms in total. The largest absolute Gasteiger partial charge is 0.494 e. The van der Waals surface area contributed by atoms with E-state index in [-0.39, 0.29) is 11.5 Å². The molecule has 0 unspecified atom stereocenters. The highest BCUT2D eigenvalue weighted by atomic mass is 32.2. The van der Waals surface area contributed by atoms with Crippen molar-refractivity contribution >= 4 is 15.5 Å². The standard InChI is InChI=1S/C24H41NO3S/c1-2-3-4-5-6-7-8-9-10-11-12-13-20-28-24-16-14-23(15-17-24)25-18-21-29(26,27)22-19-25/h14-17H,2-13,18-22H2,1H3. The van der Waals surface area contributed by atoms with E-state index in [1.165, 1.54) is 70.6 Å². The van der Waals surface area contributed by atoms with E-state index in [9.17, 15) is 8.42 Å². The fourth-order valence-electron chi connectivity index (χ4n) is 3.86. The molecule has 166 valence electrons. The van der Waals surface area contributed by atoms with E-state index < -0.39 is 9.84 Å². The van der Waals surface area contributed by atoms with Gasteiger partial charge in [0.15, 0.2) is 9.84 Å². The van der Waals surface area contributed by atoms with Crippen molar-refractivity contribution in [3.05, 3.63) is 24.3 Å². The summed E-state index contributed by atoms with van der Waals surface area (Å²) in [6, 6.07) is 8.07. The van der Waals surface area contributed by atoms with Gasteiger partial charge < -0.3 is 9.64 Å². The van der Waals surface area contributed by atoms with Crippen molar-refractivity contribution in [3.63, 3.8) is 0 Å². The van der Waals surface area contributed by atoms with Gasteiger partial charge in [0.1, 0.15) is 5.75 Å². The molecule has 1 aliphatic heterocycles. The summed E-state index contributed by atoms with van der Waals surface area (Å²) >= 11 is 0. The average molecular weight is 424 g/mol. The lowest BCUT2D eigenvalue weighted by molar-refractivity contribution is 0.304. The summed E-state index contributed by atoms with van der Waals surface area (Å²) in [5.41, 5.74) is 1.08. The number of ether oxygens (including phenoxy) is 1. The number of unbranched alkanes of at least 4 members (excludes halogenated alkanes) is 11. The maximum Gasteiger partial charge on any atom is 0.153 e. The molecular formula is C24H41NO3S. The lowest BCUT2D eigenvalue weighted by Crippen LogP contribution is -2.40. The van der Waals surface area contributed by atoms with Crippen molar-refractivity contribution < 1.29 is 13.2 Å². The van der Waals surface area contributed by atoms with Gasteiger partial charge in [-0.05, 0) is 30.7 Å². The molecule has 0 amide bonds. The van der Waals surface area contributed by atoms with Crippen molar-refractivity contribution in [1.29, 1.82) is 0 Å². The number of anilines is 1. The van der Waals surface area contributed by atoms with Crippen LogP contribution >= 0.6 is 0 Å². The summed E-state index contributed by atoms with van der Waals surface area (Å²) in [5.74, 6) is 1.41. The van der Waals surface area contributed by atoms with Gasteiger partial charge in [0.25, 0.3) is 0 Å². The smallest absolute Gasteiger partial charge is 0.153 e. The summed E-state index contributed by atoms with van der Waals surface area (Å²) < 4.78 is 28.9. The van der Waals surface area contributed by atoms with Gasteiger partial charge in [0.2, 0.25) is 0 Å². The van der Waals surface area contributed by atoms with E-state index in [0.717, 1.165) is 24.5 Å². The molecule has 0 saturated carbocycles. The second-order valence-electron chi connectivity index (χ2n) is 8.37. The predicted octanol–water partition coefficient (Wildman–Crippen LogP) is 6.00. The van der Waals surface area contributed by atoms with Gasteiger partial charge in [-0.1, -0.05) is 77.6 Å². The molecule has 0 spiro atoms. The summed E-state index contributed by atoms with van der Waals surface area (Å²) in [4.78, 5) is 2.13. The maximum absolute atomic E-state index is 11.5. The molecule has 0 aliphatic carbocycles. The van der Waals surface area contributed by atoms with Crippen molar-refractivity contribution in [3.8, 4) is 5.75 Å². The maximum atomic E-state index is 11.5. The zero-order valence-electron chi connectivity index (χ0n) is 18.4. The number of nitrogens with zero attached hydrogens (tertiary/aromatic N) is 1. The SMILES string of the molecule is CCCCCCCCCCCCCCOc1ccc(N2CCS(=O)(=O)CC2)cc1. The molecule has 2 rings (SSSR count). The van der Waals surface area contributed by atoms with Gasteiger partial charge >= 0.3 is 0 Å². The predicted molar refractivity (Wildman–Crippen MR) is 124 cm³/mol. The van der Waals surface area contributed by atoms with Crippen LogP contribution in [0.25, 0.3) is 0 Å². The van der Waals surface area contributed by atoms with Crippen LogP contribution in [0.2, 0.25) is 0 Å². The molecule has 1 aromatic rings. The van der Waals surface area contributed by atoms with Gasteiger partial charge in [-0.25, -0.2) is 8.42 Å². The molecule has 1 saturated heterocycles. The van der Waals surface area contributed by atoms with Crippen molar-refractivity contribution in [2.24, 2.45) is 0 Å². The van der Waals surface area contributed by atoms with Crippen LogP contribution in [0, 0.1) is 0 Å². The van der Waals surface area contributed by atoms with Gasteiger partial charge in [0.05, 0.1) is 18.1 Å². The van der Waals surface area contributed by atoms with Crippen molar-refractivity contribution in [2.45, 2.75) is 84.0 Å². The molecule has 0 N–H and O–H groups in total. The van der Waals surface area contributed by atoms with Gasteiger partial charge in [-0.3, -0.25) is 0 Å². The second-order valence-corrected chi connectivity index (χ2v) is 10.7. The molecule has 0 atom stereocenters. The highest BCUT2D eigenvalue weighted by Gasteiger charge is 2.21. The topological polar surface area (TPSA) is 46.6 Å². The molecule has 0 radical (unpaired) electrons. The van der Waals surface area contributed by atoms with Crippen LogP contribution in [0.3, 0.4) is 0 Å². The molecule has 1 fully saturated rings. The van der Waals surface area contributed by atoms with Gasteiger partial charge in [0, 0.05) is 18.8 Å². The minimum absolute atomic E-state index is 0.254. The van der Waals surface area contributed by atoms with E-state index in [2.05, 4.69) is 11.8 Å². The summed E-state index contributed by atoms with van der Waals surface area (Å²) in [7, 11) is -2.83. The Morgan fingerprint density at radius 1 is 0.759 bits per heavy atom. The average Bonchev–Trinajstić information content (AvgIpc) is 2.72. The highest BCUT2D eigenvalue weighted by Crippen LogP contribution is 2.21. The van der Waals surface area contributed by atoms with Crippen LogP contribution in [0.1, 0.15) is 84.0 Å². The Kier molecular flexibility index (Phi) is 11.5. The molecule has 0 bridgehead atoms. The third kappa shape index (κ3) is 10.4. The zero-order chi connectivity index (χ0) is 20.8. The van der Waals surface area contributed by atoms with Crippen LogP contribution in [-0.2, 0) is 9.84 Å². The van der Waals surface area contributed by atoms with Crippen LogP contribution < -0.4 is 9.64 Å². The first-order chi connectivity index (χ1) is 14.1.